The molecule has 0 spiro atoms. The van der Waals surface area contributed by atoms with Crippen LogP contribution in [0.5, 0.6) is 11.5 Å². The third-order valence-electron chi connectivity index (χ3n) is 6.83. The molecule has 0 radical (unpaired) electrons. The zero-order chi connectivity index (χ0) is 29.5. The number of nitrogens with zero attached hydrogens (tertiary/aromatic N) is 1. The number of rotatable bonds is 5. The molecule has 5 rings (SSSR count). The van der Waals surface area contributed by atoms with Crippen molar-refractivity contribution in [1.29, 1.82) is 0 Å². The number of phenolic OH excluding ortho intramolecular Hbond substituents is 1. The number of hydrogen-bond donors (Lipinski definition) is 1. The zero-order valence-electron chi connectivity index (χ0n) is 22.5. The molecule has 4 nitrogen and oxygen atoms in total. The highest BCUT2D eigenvalue weighted by Gasteiger charge is 2.36. The molecular formula is C33H29Br2Cl2NO3. The molecule has 0 saturated carbocycles. The first-order valence-corrected chi connectivity index (χ1v) is 15.3. The van der Waals surface area contributed by atoms with E-state index in [4.69, 9.17) is 27.9 Å². The van der Waals surface area contributed by atoms with Gasteiger partial charge in [-0.05, 0) is 79.7 Å². The highest BCUT2D eigenvalue weighted by Crippen LogP contribution is 2.47. The van der Waals surface area contributed by atoms with Crippen molar-refractivity contribution in [2.24, 2.45) is 0 Å². The highest BCUT2D eigenvalue weighted by atomic mass is 79.9. The molecule has 1 aliphatic heterocycles. The number of esters is 1. The number of hydrogen-bond acceptors (Lipinski definition) is 4. The lowest BCUT2D eigenvalue weighted by Crippen LogP contribution is -2.20. The summed E-state index contributed by atoms with van der Waals surface area (Å²) < 4.78 is 7.18. The molecule has 1 heterocycles. The standard InChI is InChI=1S/C17H17BrClNO.C16H12BrClO2/c1-20-9-8-12(14-10-11(19)6-7-15(14)18)17(20)13-4-2-3-5-16(13)21;1-11(19)20-16-5-3-2-4-12(16)6-7-13-10-14(18)8-9-15(13)17/h2-7,10,12,17,21H,8-9H2,1H3;2-10H,1H3/b;7-6+/t12-,17+;/m1./s1. The molecule has 1 saturated heterocycles. The molecule has 4 aromatic rings. The van der Waals surface area contributed by atoms with Crippen molar-refractivity contribution in [3.05, 3.63) is 126 Å². The lowest BCUT2D eigenvalue weighted by molar-refractivity contribution is -0.131. The number of carbonyl (C=O) groups is 1. The second-order valence-electron chi connectivity index (χ2n) is 9.68. The summed E-state index contributed by atoms with van der Waals surface area (Å²) in [5, 5.41) is 11.6. The van der Waals surface area contributed by atoms with Crippen LogP contribution in [-0.2, 0) is 4.79 Å². The first-order chi connectivity index (χ1) is 19.6. The number of para-hydroxylation sites is 2. The van der Waals surface area contributed by atoms with Crippen molar-refractivity contribution in [2.75, 3.05) is 13.6 Å². The van der Waals surface area contributed by atoms with Gasteiger partial charge in [-0.25, -0.2) is 0 Å². The van der Waals surface area contributed by atoms with E-state index in [1.165, 1.54) is 12.5 Å². The van der Waals surface area contributed by atoms with Gasteiger partial charge in [-0.15, -0.1) is 0 Å². The van der Waals surface area contributed by atoms with Crippen LogP contribution in [0.3, 0.4) is 0 Å². The van der Waals surface area contributed by atoms with Crippen LogP contribution in [0.1, 0.15) is 47.6 Å². The monoisotopic (exact) mass is 715 g/mol. The average molecular weight is 718 g/mol. The molecule has 4 aromatic carbocycles. The quantitative estimate of drug-likeness (QED) is 0.127. The number of phenols is 1. The molecule has 0 unspecified atom stereocenters. The largest absolute Gasteiger partial charge is 0.508 e. The smallest absolute Gasteiger partial charge is 0.308 e. The van der Waals surface area contributed by atoms with Gasteiger partial charge in [0.15, 0.2) is 0 Å². The van der Waals surface area contributed by atoms with E-state index in [-0.39, 0.29) is 12.0 Å². The maximum atomic E-state index is 11.1. The Morgan fingerprint density at radius 3 is 2.24 bits per heavy atom. The van der Waals surface area contributed by atoms with E-state index in [1.54, 1.807) is 12.1 Å². The van der Waals surface area contributed by atoms with Crippen molar-refractivity contribution in [2.45, 2.75) is 25.3 Å². The van der Waals surface area contributed by atoms with Gasteiger partial charge >= 0.3 is 5.97 Å². The second-order valence-corrected chi connectivity index (χ2v) is 12.3. The number of carbonyl (C=O) groups excluding carboxylic acids is 1. The van der Waals surface area contributed by atoms with Crippen LogP contribution in [0.4, 0.5) is 0 Å². The SMILES string of the molecule is CC(=O)Oc1ccccc1/C=C/c1cc(Cl)ccc1Br.CN1CC[C@H](c2cc(Cl)ccc2Br)[C@H]1c1ccccc1O. The van der Waals surface area contributed by atoms with Crippen molar-refractivity contribution in [3.63, 3.8) is 0 Å². The van der Waals surface area contributed by atoms with Crippen LogP contribution in [0.25, 0.3) is 12.2 Å². The maximum absolute atomic E-state index is 11.1. The number of ether oxygens (including phenoxy) is 1. The molecule has 1 fully saturated rings. The van der Waals surface area contributed by atoms with Gasteiger partial charge in [0.1, 0.15) is 11.5 Å². The van der Waals surface area contributed by atoms with E-state index in [0.29, 0.717) is 22.4 Å². The van der Waals surface area contributed by atoms with Crippen LogP contribution in [-0.4, -0.2) is 29.6 Å². The third-order valence-corrected chi connectivity index (χ3v) is 8.75. The Balaban J connectivity index is 0.000000189. The summed E-state index contributed by atoms with van der Waals surface area (Å²) in [5.41, 5.74) is 3.97. The van der Waals surface area contributed by atoms with E-state index in [0.717, 1.165) is 43.6 Å². The van der Waals surface area contributed by atoms with Crippen molar-refractivity contribution in [1.82, 2.24) is 4.90 Å². The Morgan fingerprint density at radius 1 is 0.878 bits per heavy atom. The van der Waals surface area contributed by atoms with E-state index in [9.17, 15) is 9.90 Å². The zero-order valence-corrected chi connectivity index (χ0v) is 27.2. The summed E-state index contributed by atoms with van der Waals surface area (Å²) in [5.74, 6) is 0.875. The predicted molar refractivity (Wildman–Crippen MR) is 176 cm³/mol. The molecule has 1 N–H and O–H groups in total. The summed E-state index contributed by atoms with van der Waals surface area (Å²) in [6, 6.07) is 26.6. The highest BCUT2D eigenvalue weighted by molar-refractivity contribution is 9.10. The van der Waals surface area contributed by atoms with Crippen LogP contribution in [0.15, 0.2) is 93.9 Å². The lowest BCUT2D eigenvalue weighted by Gasteiger charge is -2.27. The summed E-state index contributed by atoms with van der Waals surface area (Å²) >= 11 is 19.3. The summed E-state index contributed by atoms with van der Waals surface area (Å²) in [4.78, 5) is 13.4. The molecule has 41 heavy (non-hydrogen) atoms. The van der Waals surface area contributed by atoms with Crippen molar-refractivity contribution >= 4 is 73.2 Å². The van der Waals surface area contributed by atoms with E-state index in [1.807, 2.05) is 84.9 Å². The Hall–Kier alpha value is -2.61. The maximum Gasteiger partial charge on any atom is 0.308 e. The minimum Gasteiger partial charge on any atom is -0.508 e. The Bertz CT molecular complexity index is 1560. The van der Waals surface area contributed by atoms with E-state index >= 15 is 0 Å². The molecule has 1 aliphatic rings. The van der Waals surface area contributed by atoms with Gasteiger partial charge in [-0.2, -0.15) is 0 Å². The normalized spacial score (nSPS) is 16.8. The fourth-order valence-corrected chi connectivity index (χ4v) is 6.23. The topological polar surface area (TPSA) is 49.8 Å². The predicted octanol–water partition coefficient (Wildman–Crippen LogP) is 10.2. The Labute approximate surface area is 267 Å². The van der Waals surface area contributed by atoms with Gasteiger partial charge < -0.3 is 9.84 Å². The van der Waals surface area contributed by atoms with Crippen LogP contribution in [0.2, 0.25) is 10.0 Å². The molecule has 212 valence electrons. The first-order valence-electron chi connectivity index (χ1n) is 13.0. The minimum atomic E-state index is -0.338. The molecule has 0 aliphatic carbocycles. The van der Waals surface area contributed by atoms with Gasteiger partial charge in [0, 0.05) is 49.0 Å². The van der Waals surface area contributed by atoms with Crippen molar-refractivity contribution < 1.29 is 14.6 Å². The minimum absolute atomic E-state index is 0.168. The molecule has 0 aromatic heterocycles. The molecular weight excluding hydrogens is 689 g/mol. The van der Waals surface area contributed by atoms with E-state index < -0.39 is 0 Å². The molecule has 0 amide bonds. The van der Waals surface area contributed by atoms with Gasteiger partial charge in [0.05, 0.1) is 0 Å². The van der Waals surface area contributed by atoms with Crippen LogP contribution >= 0.6 is 55.1 Å². The molecule has 8 heteroatoms. The van der Waals surface area contributed by atoms with Gasteiger partial charge in [-0.1, -0.05) is 104 Å². The van der Waals surface area contributed by atoms with Crippen LogP contribution in [0, 0.1) is 0 Å². The number of likely N-dealkylation sites (N-methyl/N-ethyl adjacent to an activating group) is 1. The van der Waals surface area contributed by atoms with Gasteiger partial charge in [0.2, 0.25) is 0 Å². The van der Waals surface area contributed by atoms with E-state index in [2.05, 4.69) is 43.8 Å². The number of halogens is 4. The van der Waals surface area contributed by atoms with Crippen molar-refractivity contribution in [3.8, 4) is 11.5 Å². The number of likely N-dealkylation sites (tertiary alicyclic amines) is 1. The molecule has 2 atom stereocenters. The summed E-state index contributed by atoms with van der Waals surface area (Å²) in [7, 11) is 2.11. The van der Waals surface area contributed by atoms with Gasteiger partial charge in [-0.3, -0.25) is 9.69 Å². The lowest BCUT2D eigenvalue weighted by atomic mass is 9.87. The Kier molecular flexibility index (Phi) is 11.1. The summed E-state index contributed by atoms with van der Waals surface area (Å²) in [6.07, 6.45) is 4.85. The third kappa shape index (κ3) is 8.24. The fraction of sp³-hybridized carbons (Fsp3) is 0.182. The van der Waals surface area contributed by atoms with Crippen LogP contribution < -0.4 is 4.74 Å². The average Bonchev–Trinajstić information content (AvgIpc) is 3.32. The first kappa shape index (κ1) is 31.3. The summed E-state index contributed by atoms with van der Waals surface area (Å²) in [6.45, 7) is 2.39. The second kappa shape index (κ2) is 14.5. The fourth-order valence-electron chi connectivity index (χ4n) is 4.95. The number of aromatic hydroxyl groups is 1. The Morgan fingerprint density at radius 2 is 1.51 bits per heavy atom. The molecule has 0 bridgehead atoms. The number of benzene rings is 4. The van der Waals surface area contributed by atoms with Gasteiger partial charge in [0.25, 0.3) is 0 Å².